The van der Waals surface area contributed by atoms with E-state index in [-0.39, 0.29) is 0 Å². The van der Waals surface area contributed by atoms with Gasteiger partial charge in [-0.15, -0.1) is 15.8 Å². The SMILES string of the molecule is CCP(CC)CCCCCCCCCCCCCCP(CC)CC. The summed E-state index contributed by atoms with van der Waals surface area (Å²) >= 11 is 0. The van der Waals surface area contributed by atoms with Crippen LogP contribution >= 0.6 is 15.8 Å². The molecule has 0 saturated heterocycles. The normalized spacial score (nSPS) is 11.8. The third-order valence-electron chi connectivity index (χ3n) is 5.49. The van der Waals surface area contributed by atoms with Crippen LogP contribution in [-0.4, -0.2) is 37.0 Å². The second-order valence-electron chi connectivity index (χ2n) is 7.30. The molecule has 146 valence electrons. The molecule has 0 rings (SSSR count). The van der Waals surface area contributed by atoms with Gasteiger partial charge in [0, 0.05) is 0 Å². The molecule has 0 N–H and O–H groups in total. The van der Waals surface area contributed by atoms with Crippen molar-refractivity contribution in [2.45, 2.75) is 105 Å². The van der Waals surface area contributed by atoms with Crippen molar-refractivity contribution >= 4 is 15.8 Å². The highest BCUT2D eigenvalue weighted by molar-refractivity contribution is 7.57. The smallest absolute Gasteiger partial charge is 0.0326 e. The molecule has 0 spiro atoms. The largest absolute Gasteiger partial charge is 0.107 e. The summed E-state index contributed by atoms with van der Waals surface area (Å²) in [6, 6.07) is 0. The predicted molar refractivity (Wildman–Crippen MR) is 121 cm³/mol. The highest BCUT2D eigenvalue weighted by Gasteiger charge is 2.02. The van der Waals surface area contributed by atoms with E-state index in [9.17, 15) is 0 Å². The van der Waals surface area contributed by atoms with Crippen LogP contribution in [0.25, 0.3) is 0 Å². The van der Waals surface area contributed by atoms with Crippen molar-refractivity contribution in [1.29, 1.82) is 0 Å². The van der Waals surface area contributed by atoms with Gasteiger partial charge in [-0.1, -0.05) is 91.9 Å². The van der Waals surface area contributed by atoms with Gasteiger partial charge < -0.3 is 0 Å². The minimum Gasteiger partial charge on any atom is -0.107 e. The molecule has 0 atom stereocenters. The molecule has 0 amide bonds. The van der Waals surface area contributed by atoms with Gasteiger partial charge in [-0.25, -0.2) is 0 Å². The fourth-order valence-corrected chi connectivity index (χ4v) is 7.02. The maximum Gasteiger partial charge on any atom is -0.0326 e. The molecule has 0 nitrogen and oxygen atoms in total. The Morgan fingerprint density at radius 2 is 0.542 bits per heavy atom. The van der Waals surface area contributed by atoms with E-state index in [1.54, 1.807) is 12.3 Å². The van der Waals surface area contributed by atoms with Crippen molar-refractivity contribution in [3.63, 3.8) is 0 Å². The van der Waals surface area contributed by atoms with E-state index in [2.05, 4.69) is 27.7 Å². The molecule has 0 radical (unpaired) electrons. The van der Waals surface area contributed by atoms with Crippen LogP contribution in [0.1, 0.15) is 105 Å². The Morgan fingerprint density at radius 3 is 0.750 bits per heavy atom. The van der Waals surface area contributed by atoms with E-state index >= 15 is 0 Å². The standard InChI is InChI=1S/C22H48P2/c1-5-23(6-2)21-19-17-15-13-11-9-10-12-14-16-18-20-22-24(7-3)8-4/h5-22H2,1-4H3. The van der Waals surface area contributed by atoms with Crippen LogP contribution in [0.3, 0.4) is 0 Å². The lowest BCUT2D eigenvalue weighted by molar-refractivity contribution is 0.548. The van der Waals surface area contributed by atoms with E-state index in [1.807, 2.05) is 0 Å². The van der Waals surface area contributed by atoms with E-state index in [0.29, 0.717) is 15.8 Å². The lowest BCUT2D eigenvalue weighted by Crippen LogP contribution is -1.91. The number of rotatable bonds is 19. The Hall–Kier alpha value is 0.860. The molecule has 2 heteroatoms. The zero-order chi connectivity index (χ0) is 17.9. The van der Waals surface area contributed by atoms with Crippen LogP contribution in [-0.2, 0) is 0 Å². The van der Waals surface area contributed by atoms with Crippen molar-refractivity contribution in [2.24, 2.45) is 0 Å². The molecule has 0 bridgehead atoms. The summed E-state index contributed by atoms with van der Waals surface area (Å²) in [5.74, 6) is 0. The number of hydrogen-bond donors (Lipinski definition) is 0. The quantitative estimate of drug-likeness (QED) is 0.157. The van der Waals surface area contributed by atoms with Crippen LogP contribution in [0, 0.1) is 0 Å². The molecule has 0 aliphatic rings. The van der Waals surface area contributed by atoms with Crippen LogP contribution in [0.5, 0.6) is 0 Å². The first-order valence-corrected chi connectivity index (χ1v) is 15.0. The van der Waals surface area contributed by atoms with Crippen molar-refractivity contribution in [3.05, 3.63) is 0 Å². The van der Waals surface area contributed by atoms with E-state index < -0.39 is 0 Å². The number of hydrogen-bond acceptors (Lipinski definition) is 0. The van der Waals surface area contributed by atoms with Gasteiger partial charge in [0.25, 0.3) is 0 Å². The Morgan fingerprint density at radius 1 is 0.333 bits per heavy atom. The molecule has 0 fully saturated rings. The first-order chi connectivity index (χ1) is 11.8. The maximum atomic E-state index is 2.38. The second kappa shape index (κ2) is 20.2. The monoisotopic (exact) mass is 374 g/mol. The summed E-state index contributed by atoms with van der Waals surface area (Å²) in [6.45, 7) is 9.51. The van der Waals surface area contributed by atoms with E-state index in [0.717, 1.165) is 0 Å². The molecular formula is C22H48P2. The summed E-state index contributed by atoms with van der Waals surface area (Å²) in [5.41, 5.74) is 0. The summed E-state index contributed by atoms with van der Waals surface area (Å²) in [6.07, 6.45) is 26.8. The molecule has 0 unspecified atom stereocenters. The molecule has 0 aromatic carbocycles. The lowest BCUT2D eigenvalue weighted by atomic mass is 10.1. The summed E-state index contributed by atoms with van der Waals surface area (Å²) in [7, 11) is 0.799. The Bertz CT molecular complexity index is 198. The van der Waals surface area contributed by atoms with E-state index in [1.165, 1.54) is 102 Å². The van der Waals surface area contributed by atoms with E-state index in [4.69, 9.17) is 0 Å². The van der Waals surface area contributed by atoms with Crippen LogP contribution in [0.4, 0.5) is 0 Å². The third-order valence-corrected chi connectivity index (χ3v) is 11.0. The fourth-order valence-electron chi connectivity index (χ4n) is 3.52. The second-order valence-corrected chi connectivity index (χ2v) is 13.4. The van der Waals surface area contributed by atoms with Gasteiger partial charge in [0.2, 0.25) is 0 Å². The van der Waals surface area contributed by atoms with Gasteiger partial charge in [0.05, 0.1) is 0 Å². The van der Waals surface area contributed by atoms with Gasteiger partial charge in [0.1, 0.15) is 0 Å². The zero-order valence-electron chi connectivity index (χ0n) is 17.6. The molecule has 0 heterocycles. The van der Waals surface area contributed by atoms with Gasteiger partial charge >= 0.3 is 0 Å². The minimum absolute atomic E-state index is 0.399. The molecule has 0 saturated carbocycles. The third kappa shape index (κ3) is 16.3. The zero-order valence-corrected chi connectivity index (χ0v) is 19.4. The van der Waals surface area contributed by atoms with Crippen LogP contribution < -0.4 is 0 Å². The molecule has 0 aromatic rings. The molecule has 0 aliphatic carbocycles. The van der Waals surface area contributed by atoms with Crippen molar-refractivity contribution in [1.82, 2.24) is 0 Å². The minimum atomic E-state index is 0.399. The summed E-state index contributed by atoms with van der Waals surface area (Å²) in [5, 5.41) is 0. The average Bonchev–Trinajstić information content (AvgIpc) is 2.62. The molecule has 0 aliphatic heterocycles. The van der Waals surface area contributed by atoms with Gasteiger partial charge in [-0.3, -0.25) is 0 Å². The van der Waals surface area contributed by atoms with Crippen LogP contribution in [0.2, 0.25) is 0 Å². The molecule has 0 aromatic heterocycles. The average molecular weight is 375 g/mol. The van der Waals surface area contributed by atoms with Crippen molar-refractivity contribution in [3.8, 4) is 0 Å². The van der Waals surface area contributed by atoms with Crippen molar-refractivity contribution in [2.75, 3.05) is 37.0 Å². The fraction of sp³-hybridized carbons (Fsp3) is 1.00. The Kier molecular flexibility index (Phi) is 20.9. The number of unbranched alkanes of at least 4 members (excludes halogenated alkanes) is 11. The van der Waals surface area contributed by atoms with Crippen molar-refractivity contribution < 1.29 is 0 Å². The topological polar surface area (TPSA) is 0 Å². The summed E-state index contributed by atoms with van der Waals surface area (Å²) in [4.78, 5) is 0. The highest BCUT2D eigenvalue weighted by Crippen LogP contribution is 2.36. The van der Waals surface area contributed by atoms with Crippen LogP contribution in [0.15, 0.2) is 0 Å². The molecular weight excluding hydrogens is 326 g/mol. The van der Waals surface area contributed by atoms with Gasteiger partial charge in [-0.05, 0) is 49.8 Å². The predicted octanol–water partition coefficient (Wildman–Crippen LogP) is 8.71. The summed E-state index contributed by atoms with van der Waals surface area (Å²) < 4.78 is 0. The highest BCUT2D eigenvalue weighted by atomic mass is 31.1. The Labute approximate surface area is 157 Å². The first-order valence-electron chi connectivity index (χ1n) is 11.2. The molecule has 24 heavy (non-hydrogen) atoms. The van der Waals surface area contributed by atoms with Gasteiger partial charge in [-0.2, -0.15) is 0 Å². The Balaban J connectivity index is 3.12. The van der Waals surface area contributed by atoms with Gasteiger partial charge in [0.15, 0.2) is 0 Å². The lowest BCUT2D eigenvalue weighted by Gasteiger charge is -2.12. The first kappa shape index (κ1) is 24.9. The maximum absolute atomic E-state index is 2.38.